The number of ketones is 1. The van der Waals surface area contributed by atoms with Gasteiger partial charge in [-0.2, -0.15) is 0 Å². The molecule has 3 aliphatic heterocycles. The van der Waals surface area contributed by atoms with Gasteiger partial charge in [0, 0.05) is 25.1 Å². The van der Waals surface area contributed by atoms with Crippen LogP contribution in [0.15, 0.2) is 18.2 Å². The van der Waals surface area contributed by atoms with Gasteiger partial charge in [-0.05, 0) is 120 Å². The van der Waals surface area contributed by atoms with E-state index in [0.29, 0.717) is 30.5 Å². The molecule has 0 radical (unpaired) electrons. The largest absolute Gasteiger partial charge is 0.444 e. The minimum absolute atomic E-state index is 0.0277. The molecular formula is C31H46FN3O4. The molecule has 39 heavy (non-hydrogen) atoms. The maximum absolute atomic E-state index is 15.3. The first-order chi connectivity index (χ1) is 18.6. The van der Waals surface area contributed by atoms with Crippen molar-refractivity contribution >= 4 is 11.9 Å². The highest BCUT2D eigenvalue weighted by molar-refractivity contribution is 5.89. The Balaban J connectivity index is 1.18. The van der Waals surface area contributed by atoms with E-state index >= 15 is 4.39 Å². The Morgan fingerprint density at radius 2 is 1.90 bits per heavy atom. The Morgan fingerprint density at radius 3 is 2.54 bits per heavy atom. The number of ether oxygens (including phenoxy) is 2. The van der Waals surface area contributed by atoms with Crippen LogP contribution in [0.2, 0.25) is 0 Å². The number of carbonyl (C=O) groups is 2. The first-order valence-corrected chi connectivity index (χ1v) is 15.0. The van der Waals surface area contributed by atoms with E-state index in [1.54, 1.807) is 11.0 Å². The van der Waals surface area contributed by atoms with Crippen LogP contribution in [0.4, 0.5) is 9.18 Å². The average molecular weight is 544 g/mol. The molecule has 1 aromatic carbocycles. The van der Waals surface area contributed by atoms with Gasteiger partial charge in [-0.3, -0.25) is 14.6 Å². The molecule has 1 aliphatic carbocycles. The van der Waals surface area contributed by atoms with Gasteiger partial charge in [-0.25, -0.2) is 9.18 Å². The summed E-state index contributed by atoms with van der Waals surface area (Å²) in [6, 6.07) is 5.80. The Bertz CT molecular complexity index is 1030. The number of rotatable bonds is 8. The molecule has 4 fully saturated rings. The summed E-state index contributed by atoms with van der Waals surface area (Å²) < 4.78 is 26.5. The van der Waals surface area contributed by atoms with Crippen molar-refractivity contribution in [2.45, 2.75) is 102 Å². The molecule has 5 atom stereocenters. The number of nitrogens with zero attached hydrogens (tertiary/aromatic N) is 2. The van der Waals surface area contributed by atoms with Crippen molar-refractivity contribution in [1.29, 1.82) is 0 Å². The minimum atomic E-state index is -0.613. The maximum Gasteiger partial charge on any atom is 0.411 e. The lowest BCUT2D eigenvalue weighted by Gasteiger charge is -2.36. The number of amides is 1. The number of likely N-dealkylation sites (tertiary alicyclic amines) is 2. The first-order valence-electron chi connectivity index (χ1n) is 15.0. The summed E-state index contributed by atoms with van der Waals surface area (Å²) in [7, 11) is 0. The Kier molecular flexibility index (Phi) is 8.65. The smallest absolute Gasteiger partial charge is 0.411 e. The van der Waals surface area contributed by atoms with E-state index in [2.05, 4.69) is 11.0 Å². The van der Waals surface area contributed by atoms with E-state index in [1.165, 1.54) is 0 Å². The van der Waals surface area contributed by atoms with Crippen LogP contribution in [-0.4, -0.2) is 78.3 Å². The van der Waals surface area contributed by atoms with Gasteiger partial charge in [0.15, 0.2) is 5.78 Å². The zero-order chi connectivity index (χ0) is 27.7. The highest BCUT2D eigenvalue weighted by Gasteiger charge is 2.52. The number of carbonyl (C=O) groups excluding carboxylic acids is 2. The van der Waals surface area contributed by atoms with Crippen LogP contribution in [0.3, 0.4) is 0 Å². The van der Waals surface area contributed by atoms with E-state index in [9.17, 15) is 9.59 Å². The molecule has 2 bridgehead atoms. The Hall–Kier alpha value is -2.03. The number of hydrogen-bond donors (Lipinski definition) is 1. The lowest BCUT2D eigenvalue weighted by atomic mass is 9.85. The number of halogens is 1. The van der Waals surface area contributed by atoms with Gasteiger partial charge in [0.05, 0.1) is 12.6 Å². The summed E-state index contributed by atoms with van der Waals surface area (Å²) in [5.41, 5.74) is 7.15. The van der Waals surface area contributed by atoms with Crippen LogP contribution in [0.1, 0.15) is 82.8 Å². The second-order valence-corrected chi connectivity index (χ2v) is 13.2. The molecule has 1 unspecified atom stereocenters. The van der Waals surface area contributed by atoms with Crippen molar-refractivity contribution in [3.63, 3.8) is 0 Å². The van der Waals surface area contributed by atoms with Crippen LogP contribution in [-0.2, 0) is 20.7 Å². The molecule has 7 nitrogen and oxygen atoms in total. The maximum atomic E-state index is 15.3. The van der Waals surface area contributed by atoms with Gasteiger partial charge in [0.2, 0.25) is 0 Å². The standard InChI is InChI=1S/C31H46FN3O4/c1-31(2,3)39-30(37)35-25-7-6-24(16-25)29(35)28(36)15-20(18-33)14-23-5-4-22(17-27(23)32)21-8-11-34(12-9-21)26-10-13-38-19-26/h4-5,17,20-21,24-26,29H,6-16,18-19,33H2,1-3H3/t20-,24+,25-,26?,29+/m1/s1. The summed E-state index contributed by atoms with van der Waals surface area (Å²) in [6.07, 6.45) is 6.17. The Morgan fingerprint density at radius 1 is 1.13 bits per heavy atom. The molecule has 8 heteroatoms. The number of hydrogen-bond acceptors (Lipinski definition) is 6. The highest BCUT2D eigenvalue weighted by atomic mass is 19.1. The third kappa shape index (κ3) is 6.49. The molecule has 216 valence electrons. The van der Waals surface area contributed by atoms with Crippen molar-refractivity contribution in [2.75, 3.05) is 32.8 Å². The summed E-state index contributed by atoms with van der Waals surface area (Å²) in [5.74, 6) is 0.197. The molecule has 3 saturated heterocycles. The van der Waals surface area contributed by atoms with Crippen LogP contribution >= 0.6 is 0 Å². The number of benzene rings is 1. The summed E-state index contributed by atoms with van der Waals surface area (Å²) in [4.78, 5) is 30.7. The molecule has 2 N–H and O–H groups in total. The summed E-state index contributed by atoms with van der Waals surface area (Å²) in [6.45, 7) is 9.57. The molecule has 5 rings (SSSR count). The molecule has 1 saturated carbocycles. The number of fused-ring (bicyclic) bond motifs is 2. The second kappa shape index (κ2) is 11.8. The van der Waals surface area contributed by atoms with Crippen LogP contribution in [0.25, 0.3) is 0 Å². The summed E-state index contributed by atoms with van der Waals surface area (Å²) >= 11 is 0. The van der Waals surface area contributed by atoms with E-state index in [4.69, 9.17) is 15.2 Å². The number of piperidine rings is 2. The van der Waals surface area contributed by atoms with Gasteiger partial charge in [-0.1, -0.05) is 12.1 Å². The normalized spacial score (nSPS) is 28.7. The van der Waals surface area contributed by atoms with Crippen molar-refractivity contribution in [3.05, 3.63) is 35.1 Å². The van der Waals surface area contributed by atoms with Crippen LogP contribution in [0, 0.1) is 17.7 Å². The molecular weight excluding hydrogens is 497 g/mol. The minimum Gasteiger partial charge on any atom is -0.444 e. The molecule has 4 aliphatic rings. The summed E-state index contributed by atoms with van der Waals surface area (Å²) in [5, 5.41) is 0. The predicted molar refractivity (Wildman–Crippen MR) is 148 cm³/mol. The van der Waals surface area contributed by atoms with Gasteiger partial charge >= 0.3 is 6.09 Å². The van der Waals surface area contributed by atoms with Gasteiger partial charge in [0.1, 0.15) is 11.4 Å². The fourth-order valence-electron chi connectivity index (χ4n) is 7.33. The van der Waals surface area contributed by atoms with Crippen molar-refractivity contribution in [2.24, 2.45) is 17.6 Å². The zero-order valence-electron chi connectivity index (χ0n) is 23.9. The van der Waals surface area contributed by atoms with E-state index in [1.807, 2.05) is 26.8 Å². The fourth-order valence-corrected chi connectivity index (χ4v) is 7.33. The average Bonchev–Trinajstić information content (AvgIpc) is 3.66. The van der Waals surface area contributed by atoms with E-state index in [-0.39, 0.29) is 35.9 Å². The predicted octanol–water partition coefficient (Wildman–Crippen LogP) is 4.66. The number of Topliss-reactive ketones (excluding diaryl/α,β-unsaturated/α-hetero) is 1. The topological polar surface area (TPSA) is 85.1 Å². The Labute approximate surface area is 232 Å². The third-order valence-electron chi connectivity index (χ3n) is 9.35. The third-order valence-corrected chi connectivity index (χ3v) is 9.35. The van der Waals surface area contributed by atoms with Crippen LogP contribution < -0.4 is 5.73 Å². The van der Waals surface area contributed by atoms with Crippen molar-refractivity contribution in [3.8, 4) is 0 Å². The SMILES string of the molecule is CC(C)(C)OC(=O)N1[C@@H]2CC[C@@H](C2)[C@H]1C(=O)C[C@H](CN)Cc1ccc(C2CCN(C3CCOC3)CC2)cc1F. The van der Waals surface area contributed by atoms with E-state index in [0.717, 1.165) is 70.4 Å². The lowest BCUT2D eigenvalue weighted by Crippen LogP contribution is -2.51. The number of nitrogens with two attached hydrogens (primary N) is 1. The van der Waals surface area contributed by atoms with Gasteiger partial charge in [0.25, 0.3) is 0 Å². The van der Waals surface area contributed by atoms with Crippen LogP contribution in [0.5, 0.6) is 0 Å². The molecule has 3 heterocycles. The molecule has 1 amide bonds. The van der Waals surface area contributed by atoms with Gasteiger partial charge in [-0.15, -0.1) is 0 Å². The quantitative estimate of drug-likeness (QED) is 0.514. The monoisotopic (exact) mass is 543 g/mol. The molecule has 0 spiro atoms. The van der Waals surface area contributed by atoms with Gasteiger partial charge < -0.3 is 15.2 Å². The van der Waals surface area contributed by atoms with E-state index < -0.39 is 17.7 Å². The van der Waals surface area contributed by atoms with Crippen molar-refractivity contribution < 1.29 is 23.5 Å². The van der Waals surface area contributed by atoms with Crippen molar-refractivity contribution in [1.82, 2.24) is 9.80 Å². The second-order valence-electron chi connectivity index (χ2n) is 13.2. The fraction of sp³-hybridized carbons (Fsp3) is 0.742. The molecule has 0 aromatic heterocycles. The first kappa shape index (κ1) is 28.5. The highest BCUT2D eigenvalue weighted by Crippen LogP contribution is 2.44. The zero-order valence-corrected chi connectivity index (χ0v) is 23.9. The molecule has 1 aromatic rings. The lowest BCUT2D eigenvalue weighted by molar-refractivity contribution is -0.126.